The van der Waals surface area contributed by atoms with Gasteiger partial charge in [-0.15, -0.1) is 0 Å². The fourth-order valence-corrected chi connectivity index (χ4v) is 21.4. The first-order chi connectivity index (χ1) is 8.33. The van der Waals surface area contributed by atoms with E-state index in [0.29, 0.717) is 11.0 Å². The first-order valence-corrected chi connectivity index (χ1v) is 14.2. The Kier molecular flexibility index (Phi) is 7.42. The van der Waals surface area contributed by atoms with E-state index >= 15 is 0 Å². The summed E-state index contributed by atoms with van der Waals surface area (Å²) in [5.41, 5.74) is -0.0110. The summed E-state index contributed by atoms with van der Waals surface area (Å²) in [5, 5.41) is 0.437. The van der Waals surface area contributed by atoms with Gasteiger partial charge in [0.05, 0.1) is 14.6 Å². The number of rotatable bonds is 8. The van der Waals surface area contributed by atoms with E-state index in [1.54, 1.807) is 0 Å². The van der Waals surface area contributed by atoms with Crippen LogP contribution in [0, 0.1) is 11.8 Å². The van der Waals surface area contributed by atoms with Crippen molar-refractivity contribution in [3.05, 3.63) is 0 Å². The predicted octanol–water partition coefficient (Wildman–Crippen LogP) is 4.74. The van der Waals surface area contributed by atoms with Gasteiger partial charge in [-0.25, -0.2) is 0 Å². The number of hydrogen-bond acceptors (Lipinski definition) is 2. The molecule has 116 valence electrons. The van der Waals surface area contributed by atoms with Crippen molar-refractivity contribution in [2.24, 2.45) is 11.8 Å². The predicted molar refractivity (Wildman–Crippen MR) is 97.3 cm³/mol. The molecule has 0 heterocycles. The van der Waals surface area contributed by atoms with Crippen LogP contribution in [-0.4, -0.2) is 21.6 Å². The molecule has 0 bridgehead atoms. The highest BCUT2D eigenvalue weighted by atomic mass is 32.3. The molecule has 4 heteroatoms. The largest absolute Gasteiger partial charge is 0.406 e. The molecule has 0 radical (unpaired) electrons. The van der Waals surface area contributed by atoms with Gasteiger partial charge in [-0.2, -0.15) is 12.1 Å². The number of hydrogen-bond donors (Lipinski definition) is 1. The molecule has 0 aromatic carbocycles. The van der Waals surface area contributed by atoms with Crippen LogP contribution < -0.4 is 0 Å². The van der Waals surface area contributed by atoms with Gasteiger partial charge < -0.3 is 4.43 Å². The third-order valence-electron chi connectivity index (χ3n) is 4.34. The van der Waals surface area contributed by atoms with Gasteiger partial charge in [0.1, 0.15) is 0 Å². The average Bonchev–Trinajstić information content (AvgIpc) is 2.13. The summed E-state index contributed by atoms with van der Waals surface area (Å²) in [5.74, 6) is 1.41. The molecule has 0 aromatic rings. The van der Waals surface area contributed by atoms with Crippen molar-refractivity contribution < 1.29 is 4.43 Å². The zero-order valence-electron chi connectivity index (χ0n) is 14.6. The lowest BCUT2D eigenvalue weighted by Crippen LogP contribution is -2.51. The van der Waals surface area contributed by atoms with Crippen molar-refractivity contribution in [2.45, 2.75) is 85.4 Å². The Morgan fingerprint density at radius 1 is 1.11 bits per heavy atom. The smallest absolute Gasteiger partial charge is 0.229 e. The van der Waals surface area contributed by atoms with Crippen LogP contribution in [0.15, 0.2) is 0 Å². The highest BCUT2D eigenvalue weighted by Crippen LogP contribution is 2.40. The van der Waals surface area contributed by atoms with E-state index < -0.39 is 6.98 Å². The maximum Gasteiger partial charge on any atom is 0.229 e. The van der Waals surface area contributed by atoms with Crippen LogP contribution in [0.4, 0.5) is 0 Å². The zero-order valence-corrected chi connectivity index (χ0v) is 17.9. The summed E-state index contributed by atoms with van der Waals surface area (Å²) in [6.07, 6.45) is 1.07. The molecule has 1 unspecified atom stereocenters. The van der Waals surface area contributed by atoms with Crippen molar-refractivity contribution in [1.29, 1.82) is 0 Å². The standard InChI is InChI=1S/C15H36OSSi2/c1-10-14(6,7)16-19(17,11-12(2)3)18-15(8,9)13(4)5/h12-13,17H,10-11,18H2,1-9H3. The summed E-state index contributed by atoms with van der Waals surface area (Å²) >= 11 is 5.17. The summed E-state index contributed by atoms with van der Waals surface area (Å²) in [4.78, 5) is 0. The fourth-order valence-electron chi connectivity index (χ4n) is 2.29. The van der Waals surface area contributed by atoms with Gasteiger partial charge in [-0.1, -0.05) is 48.5 Å². The van der Waals surface area contributed by atoms with Crippen molar-refractivity contribution in [3.63, 3.8) is 0 Å². The van der Waals surface area contributed by atoms with Crippen LogP contribution in [0.3, 0.4) is 0 Å². The second-order valence-corrected chi connectivity index (χ2v) is 21.5. The van der Waals surface area contributed by atoms with E-state index in [0.717, 1.165) is 12.3 Å². The van der Waals surface area contributed by atoms with E-state index in [-0.39, 0.29) is 14.6 Å². The maximum absolute atomic E-state index is 6.64. The molecule has 1 nitrogen and oxygen atoms in total. The molecular formula is C15H36OSSi2. The van der Waals surface area contributed by atoms with Gasteiger partial charge >= 0.3 is 0 Å². The molecule has 0 fully saturated rings. The van der Waals surface area contributed by atoms with Crippen molar-refractivity contribution in [1.82, 2.24) is 0 Å². The molecule has 0 spiro atoms. The lowest BCUT2D eigenvalue weighted by Gasteiger charge is -2.42. The molecule has 0 rings (SSSR count). The Hall–Kier alpha value is 0.744. The molecule has 0 aromatic heterocycles. The van der Waals surface area contributed by atoms with Crippen LogP contribution in [-0.2, 0) is 4.43 Å². The first kappa shape index (κ1) is 19.7. The summed E-state index contributed by atoms with van der Waals surface area (Å²) in [7, 11) is -0.342. The summed E-state index contributed by atoms with van der Waals surface area (Å²) in [6.45, 7) is 19.0. The first-order valence-electron chi connectivity index (χ1n) is 7.76. The Labute approximate surface area is 130 Å². The Morgan fingerprint density at radius 2 is 1.58 bits per heavy atom. The van der Waals surface area contributed by atoms with Crippen LogP contribution in [0.2, 0.25) is 11.1 Å². The van der Waals surface area contributed by atoms with E-state index in [2.05, 4.69) is 62.3 Å². The number of thiol groups is 1. The molecule has 0 aliphatic rings. The highest BCUT2D eigenvalue weighted by molar-refractivity contribution is 8.19. The lowest BCUT2D eigenvalue weighted by molar-refractivity contribution is 0.103. The molecule has 19 heavy (non-hydrogen) atoms. The van der Waals surface area contributed by atoms with Crippen molar-refractivity contribution in [3.8, 4) is 0 Å². The normalized spacial score (nSPS) is 17.7. The van der Waals surface area contributed by atoms with E-state index in [4.69, 9.17) is 16.5 Å². The molecule has 0 saturated heterocycles. The van der Waals surface area contributed by atoms with Crippen LogP contribution in [0.1, 0.15) is 68.7 Å². The molecule has 0 aliphatic carbocycles. The molecule has 0 N–H and O–H groups in total. The van der Waals surface area contributed by atoms with Gasteiger partial charge in [0.15, 0.2) is 0 Å². The van der Waals surface area contributed by atoms with Gasteiger partial charge in [0.2, 0.25) is 6.98 Å². The van der Waals surface area contributed by atoms with E-state index in [1.807, 2.05) is 0 Å². The van der Waals surface area contributed by atoms with E-state index in [9.17, 15) is 0 Å². The monoisotopic (exact) mass is 320 g/mol. The Balaban J connectivity index is 5.08. The van der Waals surface area contributed by atoms with Crippen LogP contribution >= 0.6 is 12.1 Å². The second kappa shape index (κ2) is 7.14. The average molecular weight is 321 g/mol. The minimum Gasteiger partial charge on any atom is -0.406 e. The third kappa shape index (κ3) is 7.35. The third-order valence-corrected chi connectivity index (χ3v) is 16.9. The van der Waals surface area contributed by atoms with Gasteiger partial charge in [0, 0.05) is 0 Å². The molecule has 0 aliphatic heterocycles. The second-order valence-electron chi connectivity index (χ2n) is 8.08. The topological polar surface area (TPSA) is 9.23 Å². The zero-order chi connectivity index (χ0) is 15.5. The van der Waals surface area contributed by atoms with Crippen molar-refractivity contribution >= 4 is 28.1 Å². The molecule has 0 saturated carbocycles. The molecule has 1 atom stereocenters. The van der Waals surface area contributed by atoms with Gasteiger partial charge in [0.25, 0.3) is 0 Å². The van der Waals surface area contributed by atoms with Crippen molar-refractivity contribution in [2.75, 3.05) is 0 Å². The lowest BCUT2D eigenvalue weighted by atomic mass is 9.99. The van der Waals surface area contributed by atoms with E-state index in [1.165, 1.54) is 6.04 Å². The highest BCUT2D eigenvalue weighted by Gasteiger charge is 2.42. The quantitative estimate of drug-likeness (QED) is 0.502. The minimum atomic E-state index is -1.83. The minimum absolute atomic E-state index is 0.0110. The molecule has 0 amide bonds. The maximum atomic E-state index is 6.64. The van der Waals surface area contributed by atoms with Crippen LogP contribution in [0.5, 0.6) is 0 Å². The summed E-state index contributed by atoms with van der Waals surface area (Å²) in [6, 6.07) is 1.20. The summed E-state index contributed by atoms with van der Waals surface area (Å²) < 4.78 is 6.64. The molecular weight excluding hydrogens is 284 g/mol. The fraction of sp³-hybridized carbons (Fsp3) is 1.00. The van der Waals surface area contributed by atoms with Gasteiger partial charge in [-0.05, 0) is 43.2 Å². The SMILES string of the molecule is CCC(C)(C)O[Si](S)(CC(C)C)[SiH2]C(C)(C)C(C)C. The Morgan fingerprint density at radius 3 is 1.89 bits per heavy atom. The van der Waals surface area contributed by atoms with Gasteiger partial charge in [-0.3, -0.25) is 0 Å². The van der Waals surface area contributed by atoms with Crippen LogP contribution in [0.25, 0.3) is 0 Å². The Bertz CT molecular complexity index is 277.